The average Bonchev–Trinajstić information content (AvgIpc) is 2.67. The van der Waals surface area contributed by atoms with Gasteiger partial charge in [0.15, 0.2) is 0 Å². The van der Waals surface area contributed by atoms with Crippen molar-refractivity contribution in [1.82, 2.24) is 9.78 Å². The second-order valence-electron chi connectivity index (χ2n) is 4.67. The number of benzene rings is 1. The Morgan fingerprint density at radius 3 is 2.57 bits per heavy atom. The summed E-state index contributed by atoms with van der Waals surface area (Å²) in [6.07, 6.45) is 3.13. The lowest BCUT2D eigenvalue weighted by Gasteiger charge is -2.02. The summed E-state index contributed by atoms with van der Waals surface area (Å²) in [5.41, 5.74) is 3.23. The molecule has 0 aliphatic carbocycles. The van der Waals surface area contributed by atoms with Crippen molar-refractivity contribution < 1.29 is 4.79 Å². The largest absolute Gasteiger partial charge is 0.319 e. The molecule has 1 N–H and O–H groups in total. The van der Waals surface area contributed by atoms with Gasteiger partial charge in [-0.2, -0.15) is 5.10 Å². The number of aromatic nitrogens is 2. The number of halogens is 2. The van der Waals surface area contributed by atoms with Gasteiger partial charge < -0.3 is 5.32 Å². The molecule has 1 amide bonds. The van der Waals surface area contributed by atoms with Crippen molar-refractivity contribution in [3.63, 3.8) is 0 Å². The predicted octanol–water partition coefficient (Wildman–Crippen LogP) is 4.00. The van der Waals surface area contributed by atoms with Gasteiger partial charge in [0.1, 0.15) is 0 Å². The molecule has 110 valence electrons. The first-order chi connectivity index (χ1) is 9.88. The summed E-state index contributed by atoms with van der Waals surface area (Å²) in [5.74, 6) is -0.222. The van der Waals surface area contributed by atoms with Crippen LogP contribution in [0.3, 0.4) is 0 Å². The summed E-state index contributed by atoms with van der Waals surface area (Å²) < 4.78 is 1.73. The van der Waals surface area contributed by atoms with Crippen molar-refractivity contribution in [2.45, 2.75) is 13.8 Å². The van der Waals surface area contributed by atoms with Crippen LogP contribution in [0.2, 0.25) is 10.0 Å². The normalized spacial score (nSPS) is 11.1. The molecule has 0 bridgehead atoms. The molecule has 2 aromatic rings. The molecule has 0 fully saturated rings. The molecular formula is C15H15Cl2N3O. The summed E-state index contributed by atoms with van der Waals surface area (Å²) in [5, 5.41) is 8.02. The Morgan fingerprint density at radius 2 is 2.00 bits per heavy atom. The van der Waals surface area contributed by atoms with Crippen LogP contribution in [-0.2, 0) is 11.8 Å². The third-order valence-electron chi connectivity index (χ3n) is 3.13. The van der Waals surface area contributed by atoms with Crippen LogP contribution < -0.4 is 5.32 Å². The second kappa shape index (κ2) is 6.33. The smallest absolute Gasteiger partial charge is 0.248 e. The van der Waals surface area contributed by atoms with Crippen molar-refractivity contribution in [2.24, 2.45) is 7.05 Å². The molecule has 0 aliphatic rings. The van der Waals surface area contributed by atoms with Gasteiger partial charge in [-0.15, -0.1) is 0 Å². The van der Waals surface area contributed by atoms with E-state index in [1.165, 1.54) is 6.08 Å². The van der Waals surface area contributed by atoms with Gasteiger partial charge in [-0.1, -0.05) is 29.3 Å². The Labute approximate surface area is 133 Å². The molecule has 1 heterocycles. The highest BCUT2D eigenvalue weighted by molar-refractivity contribution is 6.42. The lowest BCUT2D eigenvalue weighted by molar-refractivity contribution is -0.111. The summed E-state index contributed by atoms with van der Waals surface area (Å²) in [4.78, 5) is 12.0. The first kappa shape index (κ1) is 15.6. The summed E-state index contributed by atoms with van der Waals surface area (Å²) >= 11 is 11.8. The van der Waals surface area contributed by atoms with E-state index in [2.05, 4.69) is 10.4 Å². The van der Waals surface area contributed by atoms with Gasteiger partial charge in [0.05, 0.1) is 27.1 Å². The molecule has 0 spiro atoms. The fraction of sp³-hybridized carbons (Fsp3) is 0.200. The van der Waals surface area contributed by atoms with Crippen LogP contribution in [0.25, 0.3) is 6.08 Å². The Morgan fingerprint density at radius 1 is 1.29 bits per heavy atom. The maximum absolute atomic E-state index is 12.0. The molecule has 4 nitrogen and oxygen atoms in total. The zero-order valence-corrected chi connectivity index (χ0v) is 13.5. The number of hydrogen-bond donors (Lipinski definition) is 1. The van der Waals surface area contributed by atoms with Crippen LogP contribution in [0, 0.1) is 13.8 Å². The van der Waals surface area contributed by atoms with Crippen LogP contribution in [0.4, 0.5) is 5.69 Å². The minimum atomic E-state index is -0.222. The number of carbonyl (C=O) groups excluding carboxylic acids is 1. The van der Waals surface area contributed by atoms with Crippen LogP contribution >= 0.6 is 23.2 Å². The fourth-order valence-corrected chi connectivity index (χ4v) is 2.21. The van der Waals surface area contributed by atoms with Gasteiger partial charge in [-0.25, -0.2) is 0 Å². The van der Waals surface area contributed by atoms with Gasteiger partial charge in [0.25, 0.3) is 0 Å². The van der Waals surface area contributed by atoms with Crippen molar-refractivity contribution >= 4 is 40.9 Å². The van der Waals surface area contributed by atoms with Gasteiger partial charge >= 0.3 is 0 Å². The van der Waals surface area contributed by atoms with E-state index < -0.39 is 0 Å². The fourth-order valence-electron chi connectivity index (χ4n) is 1.91. The number of hydrogen-bond acceptors (Lipinski definition) is 2. The Kier molecular flexibility index (Phi) is 4.70. The first-order valence-electron chi connectivity index (χ1n) is 6.33. The minimum Gasteiger partial charge on any atom is -0.319 e. The molecule has 2 rings (SSSR count). The topological polar surface area (TPSA) is 46.9 Å². The van der Waals surface area contributed by atoms with Crippen molar-refractivity contribution in [1.29, 1.82) is 0 Å². The van der Waals surface area contributed by atoms with Gasteiger partial charge in [-0.3, -0.25) is 9.48 Å². The molecule has 0 radical (unpaired) electrons. The van der Waals surface area contributed by atoms with E-state index in [-0.39, 0.29) is 5.91 Å². The lowest BCUT2D eigenvalue weighted by Crippen LogP contribution is -2.09. The number of nitrogens with one attached hydrogen (secondary N) is 1. The third-order valence-corrected chi connectivity index (χ3v) is 3.87. The van der Waals surface area contributed by atoms with Crippen LogP contribution in [-0.4, -0.2) is 15.7 Å². The minimum absolute atomic E-state index is 0.222. The monoisotopic (exact) mass is 323 g/mol. The van der Waals surface area contributed by atoms with E-state index >= 15 is 0 Å². The number of amides is 1. The molecule has 1 aromatic carbocycles. The summed E-state index contributed by atoms with van der Waals surface area (Å²) in [7, 11) is 1.84. The molecular weight excluding hydrogens is 309 g/mol. The maximum Gasteiger partial charge on any atom is 0.248 e. The highest BCUT2D eigenvalue weighted by atomic mass is 35.5. The Bertz CT molecular complexity index is 720. The number of carbonyl (C=O) groups is 1. The highest BCUT2D eigenvalue weighted by Gasteiger charge is 2.10. The van der Waals surface area contributed by atoms with E-state index in [1.54, 1.807) is 29.0 Å². The highest BCUT2D eigenvalue weighted by Crippen LogP contribution is 2.23. The summed E-state index contributed by atoms with van der Waals surface area (Å²) in [6, 6.07) is 5.18. The number of rotatable bonds is 3. The van der Waals surface area contributed by atoms with Gasteiger partial charge in [-0.05, 0) is 37.6 Å². The Hall–Kier alpha value is -1.78. The van der Waals surface area contributed by atoms with Crippen LogP contribution in [0.15, 0.2) is 24.3 Å². The van der Waals surface area contributed by atoms with Crippen molar-refractivity contribution in [2.75, 3.05) is 5.32 Å². The van der Waals surface area contributed by atoms with Crippen molar-refractivity contribution in [3.8, 4) is 0 Å². The molecule has 1 aromatic heterocycles. The number of nitrogens with zero attached hydrogens (tertiary/aromatic N) is 2. The van der Waals surface area contributed by atoms with E-state index in [9.17, 15) is 4.79 Å². The van der Waals surface area contributed by atoms with E-state index in [0.717, 1.165) is 22.6 Å². The van der Waals surface area contributed by atoms with Crippen LogP contribution in [0.5, 0.6) is 0 Å². The molecule has 0 saturated carbocycles. The zero-order chi connectivity index (χ0) is 15.6. The standard InChI is InChI=1S/C15H15Cl2N3O/c1-9-15(10(2)20(3)19-9)18-14(21)7-5-11-4-6-12(16)13(17)8-11/h4-8H,1-3H3,(H,18,21). The quantitative estimate of drug-likeness (QED) is 0.868. The average molecular weight is 324 g/mol. The second-order valence-corrected chi connectivity index (χ2v) is 5.48. The Balaban J connectivity index is 2.11. The zero-order valence-electron chi connectivity index (χ0n) is 11.9. The van der Waals surface area contributed by atoms with E-state index in [0.29, 0.717) is 10.0 Å². The maximum atomic E-state index is 12.0. The molecule has 21 heavy (non-hydrogen) atoms. The SMILES string of the molecule is Cc1nn(C)c(C)c1NC(=O)C=Cc1ccc(Cl)c(Cl)c1. The molecule has 0 saturated heterocycles. The van der Waals surface area contributed by atoms with Gasteiger partial charge in [0.2, 0.25) is 5.91 Å². The first-order valence-corrected chi connectivity index (χ1v) is 7.08. The summed E-state index contributed by atoms with van der Waals surface area (Å²) in [6.45, 7) is 3.75. The molecule has 0 atom stereocenters. The molecule has 6 heteroatoms. The third kappa shape index (κ3) is 3.65. The number of anilines is 1. The van der Waals surface area contributed by atoms with E-state index in [1.807, 2.05) is 20.9 Å². The van der Waals surface area contributed by atoms with E-state index in [4.69, 9.17) is 23.2 Å². The molecule has 0 unspecified atom stereocenters. The van der Waals surface area contributed by atoms with Crippen molar-refractivity contribution in [3.05, 3.63) is 51.3 Å². The lowest BCUT2D eigenvalue weighted by atomic mass is 10.2. The predicted molar refractivity (Wildman–Crippen MR) is 86.8 cm³/mol. The van der Waals surface area contributed by atoms with Crippen LogP contribution in [0.1, 0.15) is 17.0 Å². The molecule has 0 aliphatic heterocycles. The van der Waals surface area contributed by atoms with Gasteiger partial charge in [0, 0.05) is 13.1 Å². The number of aryl methyl sites for hydroxylation is 2.